The summed E-state index contributed by atoms with van der Waals surface area (Å²) in [6.45, 7) is 0.349. The minimum Gasteiger partial charge on any atom is -0.393 e. The summed E-state index contributed by atoms with van der Waals surface area (Å²) in [6, 6.07) is 4.52. The number of anilines is 2. The first-order valence-corrected chi connectivity index (χ1v) is 6.92. The van der Waals surface area contributed by atoms with Gasteiger partial charge in [0.25, 0.3) is 0 Å². The van der Waals surface area contributed by atoms with E-state index >= 15 is 0 Å². The van der Waals surface area contributed by atoms with Crippen LogP contribution in [0, 0.1) is 10.1 Å². The molecule has 0 spiro atoms. The first-order valence-electron chi connectivity index (χ1n) is 5.02. The van der Waals surface area contributed by atoms with Crippen molar-refractivity contribution in [1.82, 2.24) is 4.72 Å². The SMILES string of the molecule is CS(=O)(=O)NCCNc1cccc(N)c1[N+](=O)[O-]. The molecule has 0 unspecified atom stereocenters. The van der Waals surface area contributed by atoms with E-state index in [2.05, 4.69) is 10.0 Å². The predicted molar refractivity (Wildman–Crippen MR) is 68.8 cm³/mol. The van der Waals surface area contributed by atoms with Gasteiger partial charge in [0, 0.05) is 13.1 Å². The van der Waals surface area contributed by atoms with Gasteiger partial charge in [-0.25, -0.2) is 13.1 Å². The molecule has 0 aromatic heterocycles. The summed E-state index contributed by atoms with van der Waals surface area (Å²) >= 11 is 0. The first kappa shape index (κ1) is 14.2. The van der Waals surface area contributed by atoms with E-state index in [9.17, 15) is 18.5 Å². The number of nitrogens with one attached hydrogen (secondary N) is 2. The zero-order valence-electron chi connectivity index (χ0n) is 9.71. The zero-order valence-corrected chi connectivity index (χ0v) is 10.5. The summed E-state index contributed by atoms with van der Waals surface area (Å²) in [6.07, 6.45) is 1.04. The van der Waals surface area contributed by atoms with Crippen molar-refractivity contribution in [2.24, 2.45) is 0 Å². The summed E-state index contributed by atoms with van der Waals surface area (Å²) in [5, 5.41) is 13.6. The Labute approximate surface area is 104 Å². The van der Waals surface area contributed by atoms with E-state index in [1.807, 2.05) is 0 Å². The van der Waals surface area contributed by atoms with E-state index < -0.39 is 14.9 Å². The highest BCUT2D eigenvalue weighted by Crippen LogP contribution is 2.29. The van der Waals surface area contributed by atoms with E-state index in [0.29, 0.717) is 0 Å². The molecule has 0 aliphatic carbocycles. The fraction of sp³-hybridized carbons (Fsp3) is 0.333. The van der Waals surface area contributed by atoms with Crippen molar-refractivity contribution in [3.8, 4) is 0 Å². The molecular formula is C9H14N4O4S. The van der Waals surface area contributed by atoms with Crippen LogP contribution in [0.3, 0.4) is 0 Å². The van der Waals surface area contributed by atoms with Crippen LogP contribution in [0.5, 0.6) is 0 Å². The molecule has 0 heterocycles. The Hall–Kier alpha value is -1.87. The molecule has 0 radical (unpaired) electrons. The number of nitrogens with two attached hydrogens (primary N) is 1. The van der Waals surface area contributed by atoms with E-state index in [1.165, 1.54) is 12.1 Å². The number of hydrogen-bond donors (Lipinski definition) is 3. The highest BCUT2D eigenvalue weighted by atomic mass is 32.2. The molecule has 0 bridgehead atoms. The molecule has 1 aromatic rings. The lowest BCUT2D eigenvalue weighted by Crippen LogP contribution is -2.27. The highest BCUT2D eigenvalue weighted by Gasteiger charge is 2.16. The molecule has 8 nitrogen and oxygen atoms in total. The third-order valence-corrected chi connectivity index (χ3v) is 2.78. The molecule has 0 fully saturated rings. The second-order valence-electron chi connectivity index (χ2n) is 3.59. The van der Waals surface area contributed by atoms with Crippen LogP contribution in [0.2, 0.25) is 0 Å². The Kier molecular flexibility index (Phi) is 4.45. The number of nitro groups is 1. The van der Waals surface area contributed by atoms with Crippen LogP contribution >= 0.6 is 0 Å². The molecule has 1 aromatic carbocycles. The maximum absolute atomic E-state index is 10.8. The third-order valence-electron chi connectivity index (χ3n) is 2.05. The van der Waals surface area contributed by atoms with Gasteiger partial charge in [0.15, 0.2) is 0 Å². The van der Waals surface area contributed by atoms with E-state index in [0.717, 1.165) is 6.26 Å². The lowest BCUT2D eigenvalue weighted by atomic mass is 10.2. The first-order chi connectivity index (χ1) is 8.31. The van der Waals surface area contributed by atoms with Crippen LogP contribution in [-0.4, -0.2) is 32.7 Å². The summed E-state index contributed by atoms with van der Waals surface area (Å²) in [5.74, 6) is 0. The molecule has 100 valence electrons. The summed E-state index contributed by atoms with van der Waals surface area (Å²) < 4.78 is 23.9. The summed E-state index contributed by atoms with van der Waals surface area (Å²) in [5.41, 5.74) is 5.61. The van der Waals surface area contributed by atoms with Crippen LogP contribution in [0.4, 0.5) is 17.1 Å². The van der Waals surface area contributed by atoms with E-state index in [1.54, 1.807) is 6.07 Å². The molecule has 0 saturated heterocycles. The Morgan fingerprint density at radius 2 is 2.06 bits per heavy atom. The van der Waals surface area contributed by atoms with Crippen molar-refractivity contribution in [3.05, 3.63) is 28.3 Å². The summed E-state index contributed by atoms with van der Waals surface area (Å²) in [4.78, 5) is 10.2. The van der Waals surface area contributed by atoms with Gasteiger partial charge in [0.05, 0.1) is 11.2 Å². The van der Waals surface area contributed by atoms with Gasteiger partial charge in [-0.05, 0) is 12.1 Å². The Balaban J connectivity index is 2.68. The molecule has 0 amide bonds. The minimum absolute atomic E-state index is 0.0565. The van der Waals surface area contributed by atoms with Gasteiger partial charge in [-0.2, -0.15) is 0 Å². The summed E-state index contributed by atoms with van der Waals surface area (Å²) in [7, 11) is -3.26. The molecule has 18 heavy (non-hydrogen) atoms. The average Bonchev–Trinajstić information content (AvgIpc) is 2.22. The minimum atomic E-state index is -3.26. The zero-order chi connectivity index (χ0) is 13.8. The molecule has 0 saturated carbocycles. The smallest absolute Gasteiger partial charge is 0.314 e. The van der Waals surface area contributed by atoms with Crippen LogP contribution in [0.25, 0.3) is 0 Å². The Bertz CT molecular complexity index is 543. The lowest BCUT2D eigenvalue weighted by molar-refractivity contribution is -0.383. The van der Waals surface area contributed by atoms with Gasteiger partial charge in [0.2, 0.25) is 10.0 Å². The highest BCUT2D eigenvalue weighted by molar-refractivity contribution is 7.88. The number of rotatable bonds is 6. The fourth-order valence-electron chi connectivity index (χ4n) is 1.34. The van der Waals surface area contributed by atoms with Gasteiger partial charge in [-0.3, -0.25) is 10.1 Å². The van der Waals surface area contributed by atoms with Gasteiger partial charge < -0.3 is 11.1 Å². The van der Waals surface area contributed by atoms with E-state index in [-0.39, 0.29) is 30.2 Å². The molecule has 4 N–H and O–H groups in total. The number of sulfonamides is 1. The van der Waals surface area contributed by atoms with Crippen LogP contribution < -0.4 is 15.8 Å². The van der Waals surface area contributed by atoms with Crippen molar-refractivity contribution in [1.29, 1.82) is 0 Å². The van der Waals surface area contributed by atoms with Crippen molar-refractivity contribution in [3.63, 3.8) is 0 Å². The normalized spacial score (nSPS) is 11.2. The predicted octanol–water partition coefficient (Wildman–Crippen LogP) is 0.138. The largest absolute Gasteiger partial charge is 0.393 e. The molecule has 0 aliphatic heterocycles. The van der Waals surface area contributed by atoms with Crippen molar-refractivity contribution >= 4 is 27.1 Å². The second kappa shape index (κ2) is 5.65. The third kappa shape index (κ3) is 4.18. The monoisotopic (exact) mass is 274 g/mol. The number of nitrogens with zero attached hydrogens (tertiary/aromatic N) is 1. The Morgan fingerprint density at radius 1 is 1.39 bits per heavy atom. The van der Waals surface area contributed by atoms with Crippen LogP contribution in [-0.2, 0) is 10.0 Å². The fourth-order valence-corrected chi connectivity index (χ4v) is 1.81. The van der Waals surface area contributed by atoms with Crippen molar-refractivity contribution in [2.75, 3.05) is 30.4 Å². The molecule has 0 aliphatic rings. The van der Waals surface area contributed by atoms with Gasteiger partial charge in [-0.1, -0.05) is 6.07 Å². The molecular weight excluding hydrogens is 260 g/mol. The topological polar surface area (TPSA) is 127 Å². The second-order valence-corrected chi connectivity index (χ2v) is 5.43. The standard InChI is InChI=1S/C9H14N4O4S/c1-18(16,17)12-6-5-11-8-4-2-3-7(10)9(8)13(14)15/h2-4,11-12H,5-6,10H2,1H3. The molecule has 0 atom stereocenters. The number of para-hydroxylation sites is 1. The average molecular weight is 274 g/mol. The van der Waals surface area contributed by atoms with Crippen molar-refractivity contribution < 1.29 is 13.3 Å². The Morgan fingerprint density at radius 3 is 2.61 bits per heavy atom. The number of hydrogen-bond acceptors (Lipinski definition) is 6. The molecule has 9 heteroatoms. The van der Waals surface area contributed by atoms with Gasteiger partial charge in [0.1, 0.15) is 11.4 Å². The van der Waals surface area contributed by atoms with Gasteiger partial charge in [-0.15, -0.1) is 0 Å². The van der Waals surface area contributed by atoms with E-state index in [4.69, 9.17) is 5.73 Å². The van der Waals surface area contributed by atoms with Crippen LogP contribution in [0.15, 0.2) is 18.2 Å². The number of nitro benzene ring substituents is 1. The quantitative estimate of drug-likeness (QED) is 0.293. The lowest BCUT2D eigenvalue weighted by Gasteiger charge is -2.08. The maximum Gasteiger partial charge on any atom is 0.314 e. The van der Waals surface area contributed by atoms with Crippen LogP contribution in [0.1, 0.15) is 0 Å². The molecule has 1 rings (SSSR count). The number of nitrogen functional groups attached to an aromatic ring is 1. The van der Waals surface area contributed by atoms with Gasteiger partial charge >= 0.3 is 5.69 Å². The number of benzene rings is 1. The van der Waals surface area contributed by atoms with Crippen molar-refractivity contribution in [2.45, 2.75) is 0 Å². The maximum atomic E-state index is 10.8.